The van der Waals surface area contributed by atoms with Crippen molar-refractivity contribution < 1.29 is 9.15 Å². The van der Waals surface area contributed by atoms with Gasteiger partial charge >= 0.3 is 0 Å². The number of hydrogen-bond acceptors (Lipinski definition) is 7. The van der Waals surface area contributed by atoms with Gasteiger partial charge in [-0.1, -0.05) is 54.2 Å². The van der Waals surface area contributed by atoms with E-state index in [0.29, 0.717) is 23.4 Å². The number of benzene rings is 2. The Morgan fingerprint density at radius 3 is 2.74 bits per heavy atom. The SMILES string of the molecule is CCOc1ccccc1-n1nnnc1SCc1ncc(-c2ccccc2)o1. The molecule has 27 heavy (non-hydrogen) atoms. The van der Waals surface area contributed by atoms with E-state index in [9.17, 15) is 0 Å². The van der Waals surface area contributed by atoms with Crippen molar-refractivity contribution in [1.29, 1.82) is 0 Å². The number of para-hydroxylation sites is 2. The minimum atomic E-state index is 0.518. The van der Waals surface area contributed by atoms with E-state index in [1.165, 1.54) is 11.8 Å². The van der Waals surface area contributed by atoms with Crippen LogP contribution >= 0.6 is 11.8 Å². The molecule has 0 amide bonds. The van der Waals surface area contributed by atoms with Gasteiger partial charge in [0.15, 0.2) is 5.76 Å². The van der Waals surface area contributed by atoms with Gasteiger partial charge in [-0.05, 0) is 29.5 Å². The Bertz CT molecular complexity index is 1020. The van der Waals surface area contributed by atoms with Crippen molar-refractivity contribution in [2.45, 2.75) is 17.8 Å². The number of hydrogen-bond donors (Lipinski definition) is 0. The molecule has 0 fully saturated rings. The zero-order valence-electron chi connectivity index (χ0n) is 14.6. The number of tetrazole rings is 1. The lowest BCUT2D eigenvalue weighted by molar-refractivity contribution is 0.337. The third-order valence-corrected chi connectivity index (χ3v) is 4.67. The second kappa shape index (κ2) is 8.05. The first-order valence-electron chi connectivity index (χ1n) is 8.48. The fourth-order valence-corrected chi connectivity index (χ4v) is 3.31. The summed E-state index contributed by atoms with van der Waals surface area (Å²) in [6, 6.07) is 17.5. The van der Waals surface area contributed by atoms with Crippen molar-refractivity contribution in [3.8, 4) is 22.8 Å². The average molecular weight is 379 g/mol. The van der Waals surface area contributed by atoms with Crippen LogP contribution in [0.3, 0.4) is 0 Å². The van der Waals surface area contributed by atoms with Crippen LogP contribution in [0.1, 0.15) is 12.8 Å². The lowest BCUT2D eigenvalue weighted by Crippen LogP contribution is -2.03. The van der Waals surface area contributed by atoms with Gasteiger partial charge in [0.25, 0.3) is 0 Å². The van der Waals surface area contributed by atoms with Crippen molar-refractivity contribution in [2.75, 3.05) is 6.61 Å². The third kappa shape index (κ3) is 3.85. The lowest BCUT2D eigenvalue weighted by Gasteiger charge is -2.10. The number of thioether (sulfide) groups is 1. The molecule has 0 N–H and O–H groups in total. The molecule has 0 atom stereocenters. The molecule has 136 valence electrons. The Hall–Kier alpha value is -3.13. The topological polar surface area (TPSA) is 78.9 Å². The standard InChI is InChI=1S/C19H17N5O2S/c1-2-25-16-11-7-6-10-15(16)24-19(21-22-23-24)27-13-18-20-12-17(26-18)14-8-4-3-5-9-14/h3-12H,2,13H2,1H3. The first kappa shape index (κ1) is 17.3. The summed E-state index contributed by atoms with van der Waals surface area (Å²) in [7, 11) is 0. The molecular formula is C19H17N5O2S. The maximum Gasteiger partial charge on any atom is 0.214 e. The van der Waals surface area contributed by atoms with Crippen molar-refractivity contribution in [2.24, 2.45) is 0 Å². The van der Waals surface area contributed by atoms with Gasteiger partial charge in [0, 0.05) is 5.56 Å². The number of aromatic nitrogens is 5. The van der Waals surface area contributed by atoms with Gasteiger partial charge in [-0.3, -0.25) is 0 Å². The Morgan fingerprint density at radius 1 is 1.07 bits per heavy atom. The van der Waals surface area contributed by atoms with E-state index in [0.717, 1.165) is 22.8 Å². The molecule has 8 heteroatoms. The first-order valence-corrected chi connectivity index (χ1v) is 9.47. The van der Waals surface area contributed by atoms with Gasteiger partial charge in [-0.25, -0.2) is 4.98 Å². The van der Waals surface area contributed by atoms with E-state index >= 15 is 0 Å². The summed E-state index contributed by atoms with van der Waals surface area (Å²) in [6.45, 7) is 2.51. The minimum Gasteiger partial charge on any atom is -0.492 e. The highest BCUT2D eigenvalue weighted by Gasteiger charge is 2.15. The Labute approximate surface area is 160 Å². The van der Waals surface area contributed by atoms with Crippen LogP contribution in [-0.2, 0) is 5.75 Å². The van der Waals surface area contributed by atoms with Crippen LogP contribution in [0.25, 0.3) is 17.0 Å². The van der Waals surface area contributed by atoms with Crippen LogP contribution in [-0.4, -0.2) is 31.8 Å². The van der Waals surface area contributed by atoms with Gasteiger partial charge in [-0.15, -0.1) is 5.10 Å². The minimum absolute atomic E-state index is 0.518. The molecule has 2 aromatic heterocycles. The highest BCUT2D eigenvalue weighted by Crippen LogP contribution is 2.28. The molecule has 4 rings (SSSR count). The zero-order valence-corrected chi connectivity index (χ0v) is 15.5. The second-order valence-corrected chi connectivity index (χ2v) is 6.49. The fraction of sp³-hybridized carbons (Fsp3) is 0.158. The molecule has 2 heterocycles. The molecule has 0 aliphatic rings. The molecule has 0 saturated heterocycles. The Balaban J connectivity index is 1.51. The van der Waals surface area contributed by atoms with E-state index < -0.39 is 0 Å². The lowest BCUT2D eigenvalue weighted by atomic mass is 10.2. The second-order valence-electron chi connectivity index (χ2n) is 5.55. The predicted molar refractivity (Wildman–Crippen MR) is 102 cm³/mol. The van der Waals surface area contributed by atoms with Crippen molar-refractivity contribution in [1.82, 2.24) is 25.2 Å². The maximum atomic E-state index is 5.84. The number of nitrogens with zero attached hydrogens (tertiary/aromatic N) is 5. The fourth-order valence-electron chi connectivity index (χ4n) is 2.57. The largest absolute Gasteiger partial charge is 0.492 e. The molecule has 2 aromatic carbocycles. The van der Waals surface area contributed by atoms with Gasteiger partial charge in [0.05, 0.1) is 18.6 Å². The Kier molecular flexibility index (Phi) is 5.15. The van der Waals surface area contributed by atoms with Crippen molar-refractivity contribution in [3.05, 3.63) is 66.7 Å². The molecule has 0 bridgehead atoms. The summed E-state index contributed by atoms with van der Waals surface area (Å²) in [5, 5.41) is 12.7. The normalized spacial score (nSPS) is 10.9. The summed E-state index contributed by atoms with van der Waals surface area (Å²) in [6.07, 6.45) is 1.73. The summed E-state index contributed by atoms with van der Waals surface area (Å²) < 4.78 is 13.2. The molecule has 0 aliphatic carbocycles. The van der Waals surface area contributed by atoms with Crippen LogP contribution in [0.2, 0.25) is 0 Å². The monoisotopic (exact) mass is 379 g/mol. The quantitative estimate of drug-likeness (QED) is 0.449. The summed E-state index contributed by atoms with van der Waals surface area (Å²) >= 11 is 1.45. The third-order valence-electron chi connectivity index (χ3n) is 3.77. The molecule has 0 radical (unpaired) electrons. The highest BCUT2D eigenvalue weighted by atomic mass is 32.2. The van der Waals surface area contributed by atoms with Gasteiger partial charge in [-0.2, -0.15) is 4.68 Å². The van der Waals surface area contributed by atoms with Crippen molar-refractivity contribution in [3.63, 3.8) is 0 Å². The van der Waals surface area contributed by atoms with E-state index in [4.69, 9.17) is 9.15 Å². The van der Waals surface area contributed by atoms with Crippen LogP contribution in [0.4, 0.5) is 0 Å². The summed E-state index contributed by atoms with van der Waals surface area (Å²) in [5.41, 5.74) is 1.79. The van der Waals surface area contributed by atoms with E-state index in [1.807, 2.05) is 61.5 Å². The smallest absolute Gasteiger partial charge is 0.214 e. The molecule has 0 aliphatic heterocycles. The van der Waals surface area contributed by atoms with Gasteiger partial charge < -0.3 is 9.15 Å². The average Bonchev–Trinajstić information content (AvgIpc) is 3.37. The highest BCUT2D eigenvalue weighted by molar-refractivity contribution is 7.98. The number of oxazole rings is 1. The Morgan fingerprint density at radius 2 is 1.89 bits per heavy atom. The predicted octanol–water partition coefficient (Wildman–Crippen LogP) is 4.01. The van der Waals surface area contributed by atoms with Gasteiger partial charge in [0.1, 0.15) is 11.4 Å². The molecule has 4 aromatic rings. The van der Waals surface area contributed by atoms with Crippen LogP contribution in [0, 0.1) is 0 Å². The van der Waals surface area contributed by atoms with Crippen LogP contribution in [0.5, 0.6) is 5.75 Å². The van der Waals surface area contributed by atoms with E-state index in [2.05, 4.69) is 20.5 Å². The van der Waals surface area contributed by atoms with Gasteiger partial charge in [0.2, 0.25) is 11.0 Å². The molecule has 0 unspecified atom stereocenters. The molecular weight excluding hydrogens is 362 g/mol. The van der Waals surface area contributed by atoms with Crippen LogP contribution < -0.4 is 4.74 Å². The summed E-state index contributed by atoms with van der Waals surface area (Å²) in [5.74, 6) is 2.61. The number of rotatable bonds is 7. The maximum absolute atomic E-state index is 5.84. The summed E-state index contributed by atoms with van der Waals surface area (Å²) in [4.78, 5) is 4.35. The molecule has 0 saturated carbocycles. The number of ether oxygens (including phenoxy) is 1. The van der Waals surface area contributed by atoms with E-state index in [-0.39, 0.29) is 0 Å². The van der Waals surface area contributed by atoms with E-state index in [1.54, 1.807) is 10.9 Å². The molecule has 7 nitrogen and oxygen atoms in total. The first-order chi connectivity index (χ1) is 13.3. The molecule has 0 spiro atoms. The van der Waals surface area contributed by atoms with Crippen LogP contribution in [0.15, 0.2) is 70.4 Å². The van der Waals surface area contributed by atoms with Crippen molar-refractivity contribution >= 4 is 11.8 Å². The zero-order chi connectivity index (χ0) is 18.5.